The van der Waals surface area contributed by atoms with Gasteiger partial charge in [0.25, 0.3) is 0 Å². The second-order valence-electron chi connectivity index (χ2n) is 5.98. The molecule has 0 saturated carbocycles. The van der Waals surface area contributed by atoms with Crippen LogP contribution in [0, 0.1) is 0 Å². The molecule has 1 aromatic carbocycles. The molecule has 3 N–H and O–H groups in total. The van der Waals surface area contributed by atoms with Gasteiger partial charge in [0.15, 0.2) is 0 Å². The number of benzene rings is 1. The molecule has 0 saturated heterocycles. The first-order valence-electron chi connectivity index (χ1n) is 6.68. The zero-order valence-electron chi connectivity index (χ0n) is 12.8. The van der Waals surface area contributed by atoms with Gasteiger partial charge in [0.1, 0.15) is 5.75 Å². The molecular weight excluding hydrogens is 238 g/mol. The molecule has 0 amide bonds. The van der Waals surface area contributed by atoms with Crippen molar-refractivity contribution < 1.29 is 4.74 Å². The van der Waals surface area contributed by atoms with Crippen molar-refractivity contribution in [3.63, 3.8) is 0 Å². The van der Waals surface area contributed by atoms with E-state index in [0.29, 0.717) is 6.67 Å². The standard InChI is InChI=1S/C15H27N3O/c1-15(2,3)13-10-12(6-7-14(13)19-5)8-9-18(4)11-17-16/h6-7,10,17H,8-9,11,16H2,1-5H3. The number of rotatable bonds is 6. The van der Waals surface area contributed by atoms with Crippen molar-refractivity contribution >= 4 is 0 Å². The van der Waals surface area contributed by atoms with Crippen molar-refractivity contribution in [1.82, 2.24) is 10.3 Å². The zero-order valence-corrected chi connectivity index (χ0v) is 12.8. The Labute approximate surface area is 116 Å². The minimum absolute atomic E-state index is 0.0894. The van der Waals surface area contributed by atoms with E-state index in [1.54, 1.807) is 7.11 Å². The summed E-state index contributed by atoms with van der Waals surface area (Å²) in [6, 6.07) is 6.46. The van der Waals surface area contributed by atoms with E-state index in [-0.39, 0.29) is 5.41 Å². The number of nitrogens with zero attached hydrogens (tertiary/aromatic N) is 1. The van der Waals surface area contributed by atoms with Gasteiger partial charge >= 0.3 is 0 Å². The number of nitrogens with one attached hydrogen (secondary N) is 1. The highest BCUT2D eigenvalue weighted by molar-refractivity contribution is 5.41. The van der Waals surface area contributed by atoms with Crippen LogP contribution in [0.15, 0.2) is 18.2 Å². The van der Waals surface area contributed by atoms with Crippen molar-refractivity contribution in [2.45, 2.75) is 32.6 Å². The van der Waals surface area contributed by atoms with Gasteiger partial charge in [0, 0.05) is 6.54 Å². The molecule has 0 bridgehead atoms. The van der Waals surface area contributed by atoms with Gasteiger partial charge in [-0.15, -0.1) is 0 Å². The molecule has 4 heteroatoms. The van der Waals surface area contributed by atoms with Gasteiger partial charge in [-0.25, -0.2) is 5.43 Å². The van der Waals surface area contributed by atoms with Crippen LogP contribution in [0.1, 0.15) is 31.9 Å². The van der Waals surface area contributed by atoms with Gasteiger partial charge in [-0.1, -0.05) is 32.9 Å². The monoisotopic (exact) mass is 265 g/mol. The molecule has 0 aromatic heterocycles. The van der Waals surface area contributed by atoms with E-state index in [2.05, 4.69) is 49.3 Å². The van der Waals surface area contributed by atoms with Gasteiger partial charge in [-0.2, -0.15) is 0 Å². The molecule has 0 radical (unpaired) electrons. The number of hydrogen-bond acceptors (Lipinski definition) is 4. The second-order valence-corrected chi connectivity index (χ2v) is 5.98. The van der Waals surface area contributed by atoms with Crippen molar-refractivity contribution in [2.24, 2.45) is 5.84 Å². The highest BCUT2D eigenvalue weighted by atomic mass is 16.5. The van der Waals surface area contributed by atoms with Crippen LogP contribution in [0.4, 0.5) is 0 Å². The molecule has 1 aromatic rings. The molecule has 19 heavy (non-hydrogen) atoms. The Kier molecular flexibility index (Phi) is 5.79. The van der Waals surface area contributed by atoms with E-state index >= 15 is 0 Å². The highest BCUT2D eigenvalue weighted by Crippen LogP contribution is 2.32. The molecule has 0 unspecified atom stereocenters. The highest BCUT2D eigenvalue weighted by Gasteiger charge is 2.19. The Morgan fingerprint density at radius 2 is 2.00 bits per heavy atom. The molecule has 0 aliphatic carbocycles. The fourth-order valence-electron chi connectivity index (χ4n) is 2.05. The molecule has 0 fully saturated rings. The number of likely N-dealkylation sites (N-methyl/N-ethyl adjacent to an activating group) is 1. The zero-order chi connectivity index (χ0) is 14.5. The predicted octanol–water partition coefficient (Wildman–Crippen LogP) is 1.89. The smallest absolute Gasteiger partial charge is 0.122 e. The van der Waals surface area contributed by atoms with E-state index < -0.39 is 0 Å². The summed E-state index contributed by atoms with van der Waals surface area (Å²) in [5.74, 6) is 6.28. The number of hydrazine groups is 1. The van der Waals surface area contributed by atoms with E-state index in [1.165, 1.54) is 11.1 Å². The van der Waals surface area contributed by atoms with Crippen molar-refractivity contribution in [2.75, 3.05) is 27.4 Å². The maximum atomic E-state index is 5.45. The molecule has 0 spiro atoms. The summed E-state index contributed by atoms with van der Waals surface area (Å²) in [6.45, 7) is 8.29. The van der Waals surface area contributed by atoms with E-state index in [1.807, 2.05) is 7.05 Å². The Balaban J connectivity index is 2.81. The predicted molar refractivity (Wildman–Crippen MR) is 80.2 cm³/mol. The number of methoxy groups -OCH3 is 1. The maximum absolute atomic E-state index is 5.45. The van der Waals surface area contributed by atoms with Gasteiger partial charge in [0.05, 0.1) is 13.8 Å². The van der Waals surface area contributed by atoms with E-state index in [9.17, 15) is 0 Å². The molecule has 1 rings (SSSR count). The van der Waals surface area contributed by atoms with Crippen LogP contribution < -0.4 is 16.0 Å². The number of nitrogens with two attached hydrogens (primary N) is 1. The van der Waals surface area contributed by atoms with Crippen LogP contribution in [0.3, 0.4) is 0 Å². The fourth-order valence-corrected chi connectivity index (χ4v) is 2.05. The van der Waals surface area contributed by atoms with Crippen molar-refractivity contribution in [3.8, 4) is 5.75 Å². The third-order valence-corrected chi connectivity index (χ3v) is 3.22. The fraction of sp³-hybridized carbons (Fsp3) is 0.600. The molecule has 0 aliphatic rings. The lowest BCUT2D eigenvalue weighted by Gasteiger charge is -2.23. The lowest BCUT2D eigenvalue weighted by atomic mass is 9.85. The Morgan fingerprint density at radius 1 is 1.32 bits per heavy atom. The first kappa shape index (κ1) is 16.0. The van der Waals surface area contributed by atoms with Gasteiger partial charge in [-0.05, 0) is 36.1 Å². The molecule has 0 heterocycles. The van der Waals surface area contributed by atoms with Crippen LogP contribution in [-0.4, -0.2) is 32.3 Å². The van der Waals surface area contributed by atoms with Crippen LogP contribution in [-0.2, 0) is 11.8 Å². The summed E-state index contributed by atoms with van der Waals surface area (Å²) in [5.41, 5.74) is 5.34. The summed E-state index contributed by atoms with van der Waals surface area (Å²) >= 11 is 0. The number of ether oxygens (including phenoxy) is 1. The number of hydrogen-bond donors (Lipinski definition) is 2. The van der Waals surface area contributed by atoms with E-state index in [4.69, 9.17) is 10.6 Å². The van der Waals surface area contributed by atoms with Crippen LogP contribution in [0.5, 0.6) is 5.75 Å². The van der Waals surface area contributed by atoms with E-state index in [0.717, 1.165) is 18.7 Å². The SMILES string of the molecule is COc1ccc(CCN(C)CNN)cc1C(C)(C)C. The molecule has 4 nitrogen and oxygen atoms in total. The summed E-state index contributed by atoms with van der Waals surface area (Å²) < 4.78 is 5.45. The van der Waals surface area contributed by atoms with Gasteiger partial charge in [-0.3, -0.25) is 10.7 Å². The minimum atomic E-state index is 0.0894. The first-order valence-corrected chi connectivity index (χ1v) is 6.68. The molecule has 108 valence electrons. The van der Waals surface area contributed by atoms with Crippen LogP contribution >= 0.6 is 0 Å². The Hall–Kier alpha value is -1.10. The van der Waals surface area contributed by atoms with Gasteiger partial charge < -0.3 is 4.74 Å². The Bertz CT molecular complexity index is 399. The Morgan fingerprint density at radius 3 is 2.53 bits per heavy atom. The van der Waals surface area contributed by atoms with Crippen LogP contribution in [0.25, 0.3) is 0 Å². The van der Waals surface area contributed by atoms with Crippen LogP contribution in [0.2, 0.25) is 0 Å². The third-order valence-electron chi connectivity index (χ3n) is 3.22. The lowest BCUT2D eigenvalue weighted by molar-refractivity contribution is 0.312. The largest absolute Gasteiger partial charge is 0.496 e. The minimum Gasteiger partial charge on any atom is -0.496 e. The normalized spacial score (nSPS) is 11.9. The molecule has 0 aliphatic heterocycles. The average Bonchev–Trinajstić information content (AvgIpc) is 2.35. The average molecular weight is 265 g/mol. The maximum Gasteiger partial charge on any atom is 0.122 e. The summed E-state index contributed by atoms with van der Waals surface area (Å²) in [4.78, 5) is 2.15. The summed E-state index contributed by atoms with van der Waals surface area (Å²) in [7, 11) is 3.78. The summed E-state index contributed by atoms with van der Waals surface area (Å²) in [5, 5.41) is 0. The lowest BCUT2D eigenvalue weighted by Crippen LogP contribution is -2.36. The quantitative estimate of drug-likeness (QED) is 0.468. The molecule has 0 atom stereocenters. The first-order chi connectivity index (χ1) is 8.88. The van der Waals surface area contributed by atoms with Crippen molar-refractivity contribution in [3.05, 3.63) is 29.3 Å². The third kappa shape index (κ3) is 4.82. The summed E-state index contributed by atoms with van der Waals surface area (Å²) in [6.07, 6.45) is 1.01. The topological polar surface area (TPSA) is 50.5 Å². The van der Waals surface area contributed by atoms with Gasteiger partial charge in [0.2, 0.25) is 0 Å². The van der Waals surface area contributed by atoms with Crippen molar-refractivity contribution in [1.29, 1.82) is 0 Å². The second kappa shape index (κ2) is 6.89. The molecular formula is C15H27N3O.